The molecular weight excluding hydrogens is 359 g/mol. The minimum atomic E-state index is -0.857. The summed E-state index contributed by atoms with van der Waals surface area (Å²) in [6, 6.07) is 13.1. The van der Waals surface area contributed by atoms with Crippen LogP contribution in [0.2, 0.25) is 10.0 Å². The lowest BCUT2D eigenvalue weighted by atomic mass is 10.1. The number of hydrogen-bond acceptors (Lipinski definition) is 3. The Hall–Kier alpha value is -2.30. The fourth-order valence-corrected chi connectivity index (χ4v) is 3.03. The van der Waals surface area contributed by atoms with Crippen molar-refractivity contribution in [3.63, 3.8) is 0 Å². The molecular formula is C19H16Cl2N2O2. The Labute approximate surface area is 156 Å². The van der Waals surface area contributed by atoms with E-state index in [4.69, 9.17) is 28.3 Å². The second kappa shape index (κ2) is 7.72. The molecule has 0 atom stereocenters. The Morgan fingerprint density at radius 1 is 1.16 bits per heavy atom. The van der Waals surface area contributed by atoms with E-state index in [9.17, 15) is 4.79 Å². The second-order valence-electron chi connectivity index (χ2n) is 5.61. The van der Waals surface area contributed by atoms with Gasteiger partial charge in [-0.1, -0.05) is 53.5 Å². The Morgan fingerprint density at radius 2 is 1.96 bits per heavy atom. The minimum absolute atomic E-state index is 0.0453. The van der Waals surface area contributed by atoms with Crippen LogP contribution in [0.1, 0.15) is 11.1 Å². The van der Waals surface area contributed by atoms with Crippen molar-refractivity contribution in [2.45, 2.75) is 0 Å². The molecule has 1 heterocycles. The summed E-state index contributed by atoms with van der Waals surface area (Å²) in [6.45, 7) is 1.05. The van der Waals surface area contributed by atoms with Gasteiger partial charge in [0.15, 0.2) is 0 Å². The van der Waals surface area contributed by atoms with Gasteiger partial charge in [-0.05, 0) is 29.8 Å². The van der Waals surface area contributed by atoms with Gasteiger partial charge in [0.2, 0.25) is 0 Å². The summed E-state index contributed by atoms with van der Waals surface area (Å²) in [6.07, 6.45) is 3.84. The van der Waals surface area contributed by atoms with Crippen molar-refractivity contribution in [3.05, 3.63) is 69.7 Å². The Bertz CT molecular complexity index is 862. The number of anilines is 1. The van der Waals surface area contributed by atoms with Crippen LogP contribution >= 0.6 is 23.2 Å². The number of rotatable bonds is 4. The highest BCUT2D eigenvalue weighted by Crippen LogP contribution is 2.26. The summed E-state index contributed by atoms with van der Waals surface area (Å²) in [5, 5.41) is 10.1. The Balaban J connectivity index is 1.92. The normalized spacial score (nSPS) is 14.2. The summed E-state index contributed by atoms with van der Waals surface area (Å²) in [7, 11) is 0. The molecule has 2 aromatic rings. The molecule has 0 unspecified atom stereocenters. The number of carboxylic acid groups (broad SMARTS) is 1. The van der Waals surface area contributed by atoms with Crippen molar-refractivity contribution in [1.29, 1.82) is 0 Å². The van der Waals surface area contributed by atoms with Crippen molar-refractivity contribution in [3.8, 4) is 0 Å². The van der Waals surface area contributed by atoms with Gasteiger partial charge in [0.05, 0.1) is 22.3 Å². The summed E-state index contributed by atoms with van der Waals surface area (Å²) in [5.74, 6) is -0.857. The van der Waals surface area contributed by atoms with Gasteiger partial charge in [0.1, 0.15) is 6.54 Å². The van der Waals surface area contributed by atoms with Crippen LogP contribution in [-0.2, 0) is 4.79 Å². The molecule has 1 aliphatic heterocycles. The number of nitrogens with zero attached hydrogens (tertiary/aromatic N) is 2. The molecule has 0 saturated carbocycles. The van der Waals surface area contributed by atoms with Crippen molar-refractivity contribution < 1.29 is 9.90 Å². The molecule has 0 saturated heterocycles. The predicted molar refractivity (Wildman–Crippen MR) is 103 cm³/mol. The lowest BCUT2D eigenvalue weighted by Crippen LogP contribution is -2.31. The number of aliphatic imine (C=N–C) groups is 1. The zero-order valence-corrected chi connectivity index (χ0v) is 14.8. The van der Waals surface area contributed by atoms with Gasteiger partial charge in [-0.3, -0.25) is 9.79 Å². The van der Waals surface area contributed by atoms with E-state index in [0.717, 1.165) is 22.5 Å². The first kappa shape index (κ1) is 17.5. The quantitative estimate of drug-likeness (QED) is 0.862. The number of allylic oxidation sites excluding steroid dienone is 1. The third kappa shape index (κ3) is 4.21. The van der Waals surface area contributed by atoms with Gasteiger partial charge >= 0.3 is 5.97 Å². The smallest absolute Gasteiger partial charge is 0.323 e. The molecule has 0 aromatic heterocycles. The van der Waals surface area contributed by atoms with E-state index >= 15 is 0 Å². The third-order valence-electron chi connectivity index (χ3n) is 3.88. The van der Waals surface area contributed by atoms with Crippen LogP contribution in [0, 0.1) is 0 Å². The third-order valence-corrected chi connectivity index (χ3v) is 4.62. The number of aliphatic carboxylic acids is 1. The van der Waals surface area contributed by atoms with Crippen molar-refractivity contribution in [2.75, 3.05) is 24.5 Å². The van der Waals surface area contributed by atoms with Crippen molar-refractivity contribution in [1.82, 2.24) is 0 Å². The van der Waals surface area contributed by atoms with Crippen LogP contribution in [0.5, 0.6) is 0 Å². The number of fused-ring (bicyclic) bond motifs is 1. The molecule has 2 aromatic carbocycles. The summed E-state index contributed by atoms with van der Waals surface area (Å²) < 4.78 is 0. The summed E-state index contributed by atoms with van der Waals surface area (Å²) >= 11 is 12.0. The van der Waals surface area contributed by atoms with E-state index in [-0.39, 0.29) is 6.54 Å². The maximum Gasteiger partial charge on any atom is 0.323 e. The van der Waals surface area contributed by atoms with Crippen LogP contribution in [0.25, 0.3) is 6.08 Å². The molecule has 0 aliphatic carbocycles. The van der Waals surface area contributed by atoms with Crippen LogP contribution < -0.4 is 4.90 Å². The Morgan fingerprint density at radius 3 is 2.72 bits per heavy atom. The molecule has 0 bridgehead atoms. The Kier molecular flexibility index (Phi) is 5.41. The van der Waals surface area contributed by atoms with E-state index in [0.29, 0.717) is 23.1 Å². The van der Waals surface area contributed by atoms with Crippen LogP contribution in [0.3, 0.4) is 0 Å². The highest BCUT2D eigenvalue weighted by atomic mass is 35.5. The first-order chi connectivity index (χ1) is 12.0. The van der Waals surface area contributed by atoms with Gasteiger partial charge < -0.3 is 10.0 Å². The highest BCUT2D eigenvalue weighted by Gasteiger charge is 2.18. The zero-order valence-electron chi connectivity index (χ0n) is 13.3. The van der Waals surface area contributed by atoms with Gasteiger partial charge in [-0.2, -0.15) is 0 Å². The zero-order chi connectivity index (χ0) is 17.8. The van der Waals surface area contributed by atoms with Crippen molar-refractivity contribution in [2.24, 2.45) is 4.99 Å². The molecule has 6 heteroatoms. The van der Waals surface area contributed by atoms with Crippen LogP contribution in [0.4, 0.5) is 5.69 Å². The molecule has 25 heavy (non-hydrogen) atoms. The van der Waals surface area contributed by atoms with Crippen LogP contribution in [0.15, 0.2) is 53.5 Å². The maximum absolute atomic E-state index is 11.1. The van der Waals surface area contributed by atoms with Gasteiger partial charge in [-0.15, -0.1) is 0 Å². The van der Waals surface area contributed by atoms with E-state index in [1.54, 1.807) is 12.1 Å². The molecule has 0 amide bonds. The standard InChI is InChI=1S/C19H16Cl2N2O2/c20-15-7-5-13(11-16(15)21)6-8-17-14-3-1-2-4-18(14)23(10-9-22-17)12-19(24)25/h1-8,11H,9-10,12H2,(H,24,25). The number of halogens is 2. The molecule has 1 N–H and O–H groups in total. The highest BCUT2D eigenvalue weighted by molar-refractivity contribution is 6.42. The first-order valence-electron chi connectivity index (χ1n) is 7.78. The largest absolute Gasteiger partial charge is 0.480 e. The SMILES string of the molecule is O=C(O)CN1CCN=C(C=Cc2ccc(Cl)c(Cl)c2)c2ccccc21. The number of carbonyl (C=O) groups is 1. The lowest BCUT2D eigenvalue weighted by molar-refractivity contribution is -0.135. The average molecular weight is 375 g/mol. The number of para-hydroxylation sites is 1. The van der Waals surface area contributed by atoms with Gasteiger partial charge in [-0.25, -0.2) is 0 Å². The molecule has 0 radical (unpaired) electrons. The molecule has 128 valence electrons. The molecule has 0 fully saturated rings. The van der Waals surface area contributed by atoms with E-state index in [2.05, 4.69) is 4.99 Å². The number of benzodiazepines with no additional fused rings is 1. The van der Waals surface area contributed by atoms with E-state index < -0.39 is 5.97 Å². The van der Waals surface area contributed by atoms with Crippen LogP contribution in [-0.4, -0.2) is 36.4 Å². The lowest BCUT2D eigenvalue weighted by Gasteiger charge is -2.22. The molecule has 4 nitrogen and oxygen atoms in total. The summed E-state index contributed by atoms with van der Waals surface area (Å²) in [4.78, 5) is 17.6. The topological polar surface area (TPSA) is 52.9 Å². The fraction of sp³-hybridized carbons (Fsp3) is 0.158. The first-order valence-corrected chi connectivity index (χ1v) is 8.54. The second-order valence-corrected chi connectivity index (χ2v) is 6.42. The number of carboxylic acids is 1. The predicted octanol–water partition coefficient (Wildman–Crippen LogP) is 4.40. The average Bonchev–Trinajstić information content (AvgIpc) is 2.75. The van der Waals surface area contributed by atoms with Crippen molar-refractivity contribution >= 4 is 46.6 Å². The van der Waals surface area contributed by atoms with Gasteiger partial charge in [0, 0.05) is 17.8 Å². The summed E-state index contributed by atoms with van der Waals surface area (Å²) in [5.41, 5.74) is 3.52. The maximum atomic E-state index is 11.1. The van der Waals surface area contributed by atoms with E-state index in [1.807, 2.05) is 47.4 Å². The fourth-order valence-electron chi connectivity index (χ4n) is 2.72. The molecule has 0 spiro atoms. The van der Waals surface area contributed by atoms with E-state index in [1.165, 1.54) is 0 Å². The van der Waals surface area contributed by atoms with Gasteiger partial charge in [0.25, 0.3) is 0 Å². The molecule has 1 aliphatic rings. The minimum Gasteiger partial charge on any atom is -0.480 e. The molecule has 3 rings (SSSR count). The number of benzene rings is 2. The monoisotopic (exact) mass is 374 g/mol. The number of hydrogen-bond donors (Lipinski definition) is 1.